The van der Waals surface area contributed by atoms with E-state index >= 15 is 0 Å². The van der Waals surface area contributed by atoms with Crippen LogP contribution in [0.3, 0.4) is 0 Å². The number of amides is 2. The molecule has 0 aliphatic heterocycles. The quantitative estimate of drug-likeness (QED) is 0.791. The summed E-state index contributed by atoms with van der Waals surface area (Å²) in [6.07, 6.45) is 0.874. The van der Waals surface area contributed by atoms with Crippen LogP contribution in [0.1, 0.15) is 28.6 Å². The zero-order valence-corrected chi connectivity index (χ0v) is 12.2. The monoisotopic (exact) mass is 288 g/mol. The van der Waals surface area contributed by atoms with Crippen molar-refractivity contribution in [3.63, 3.8) is 0 Å². The molecule has 0 bridgehead atoms. The van der Waals surface area contributed by atoms with Gasteiger partial charge in [-0.25, -0.2) is 4.79 Å². The smallest absolute Gasteiger partial charge is 0.315 e. The number of hydrogen-bond acceptors (Lipinski definition) is 3. The maximum Gasteiger partial charge on any atom is 0.315 e. The molecule has 0 aliphatic carbocycles. The summed E-state index contributed by atoms with van der Waals surface area (Å²) in [6, 6.07) is 9.07. The molecule has 0 saturated carbocycles. The highest BCUT2D eigenvalue weighted by Gasteiger charge is 2.11. The average Bonchev–Trinajstić information content (AvgIpc) is 2.88. The summed E-state index contributed by atoms with van der Waals surface area (Å²) in [6.45, 7) is 4.34. The molecule has 2 amide bonds. The Balaban J connectivity index is 1.79. The molecule has 1 aromatic carbocycles. The maximum atomic E-state index is 11.7. The first-order valence-corrected chi connectivity index (χ1v) is 6.86. The van der Waals surface area contributed by atoms with Crippen LogP contribution in [0.4, 0.5) is 4.79 Å². The molecule has 112 valence electrons. The van der Waals surface area contributed by atoms with Crippen molar-refractivity contribution in [1.82, 2.24) is 10.6 Å². The van der Waals surface area contributed by atoms with Gasteiger partial charge in [-0.3, -0.25) is 0 Å². The zero-order valence-electron chi connectivity index (χ0n) is 12.2. The summed E-state index contributed by atoms with van der Waals surface area (Å²) in [5.74, 6) is 0.787. The van der Waals surface area contributed by atoms with Gasteiger partial charge >= 0.3 is 6.03 Å². The van der Waals surface area contributed by atoms with Crippen molar-refractivity contribution < 1.29 is 14.3 Å². The largest absolute Gasteiger partial charge is 0.469 e. The van der Waals surface area contributed by atoms with E-state index in [0.29, 0.717) is 6.54 Å². The number of benzene rings is 1. The lowest BCUT2D eigenvalue weighted by molar-refractivity contribution is 0.172. The van der Waals surface area contributed by atoms with Crippen molar-refractivity contribution in [3.8, 4) is 0 Å². The number of aliphatic hydroxyl groups excluding tert-OH is 1. The number of rotatable bonds is 5. The van der Waals surface area contributed by atoms with Gasteiger partial charge in [0.15, 0.2) is 0 Å². The van der Waals surface area contributed by atoms with Crippen LogP contribution in [0.2, 0.25) is 0 Å². The van der Waals surface area contributed by atoms with Gasteiger partial charge in [-0.15, -0.1) is 0 Å². The van der Waals surface area contributed by atoms with Gasteiger partial charge in [-0.05, 0) is 31.0 Å². The van der Waals surface area contributed by atoms with Gasteiger partial charge in [0.05, 0.1) is 12.4 Å². The lowest BCUT2D eigenvalue weighted by Gasteiger charge is -2.14. The van der Waals surface area contributed by atoms with E-state index in [0.717, 1.165) is 22.5 Å². The molecule has 0 unspecified atom stereocenters. The van der Waals surface area contributed by atoms with Gasteiger partial charge in [0.25, 0.3) is 0 Å². The van der Waals surface area contributed by atoms with E-state index in [1.54, 1.807) is 6.26 Å². The van der Waals surface area contributed by atoms with Crippen molar-refractivity contribution in [2.24, 2.45) is 0 Å². The number of carbonyl (C=O) groups is 1. The minimum absolute atomic E-state index is 0.168. The Kier molecular flexibility index (Phi) is 5.00. The number of nitrogens with one attached hydrogen (secondary N) is 2. The predicted molar refractivity (Wildman–Crippen MR) is 79.8 cm³/mol. The molecule has 3 N–H and O–H groups in total. The number of aryl methyl sites for hydroxylation is 2. The lowest BCUT2D eigenvalue weighted by atomic mass is 10.0. The first kappa shape index (κ1) is 15.1. The van der Waals surface area contributed by atoms with E-state index in [4.69, 9.17) is 4.42 Å². The molecular weight excluding hydrogens is 268 g/mol. The Morgan fingerprint density at radius 1 is 1.24 bits per heavy atom. The predicted octanol–water partition coefficient (Wildman–Crippen LogP) is 2.43. The molecule has 0 aliphatic rings. The number of urea groups is 1. The fourth-order valence-electron chi connectivity index (χ4n) is 2.09. The van der Waals surface area contributed by atoms with Crippen LogP contribution in [0, 0.1) is 13.8 Å². The summed E-state index contributed by atoms with van der Waals surface area (Å²) in [7, 11) is 0. The minimum Gasteiger partial charge on any atom is -0.469 e. The molecule has 1 heterocycles. The Hall–Kier alpha value is -2.27. The first-order chi connectivity index (χ1) is 10.1. The first-order valence-electron chi connectivity index (χ1n) is 6.86. The Labute approximate surface area is 124 Å². The van der Waals surface area contributed by atoms with Crippen molar-refractivity contribution >= 4 is 6.03 Å². The van der Waals surface area contributed by atoms with Crippen molar-refractivity contribution in [2.45, 2.75) is 26.5 Å². The molecule has 21 heavy (non-hydrogen) atoms. The number of furan rings is 1. The van der Waals surface area contributed by atoms with Crippen LogP contribution in [0.15, 0.2) is 41.0 Å². The van der Waals surface area contributed by atoms with Crippen LogP contribution >= 0.6 is 0 Å². The summed E-state index contributed by atoms with van der Waals surface area (Å²) in [5, 5.41) is 15.5. The average molecular weight is 288 g/mol. The van der Waals surface area contributed by atoms with E-state index < -0.39 is 6.10 Å². The molecule has 1 atom stereocenters. The second kappa shape index (κ2) is 6.95. The number of aliphatic hydroxyl groups is 1. The zero-order chi connectivity index (χ0) is 15.2. The number of carbonyl (C=O) groups excluding carboxylic acids is 1. The van der Waals surface area contributed by atoms with E-state index in [2.05, 4.69) is 10.6 Å². The summed E-state index contributed by atoms with van der Waals surface area (Å²) in [4.78, 5) is 11.7. The standard InChI is InChI=1S/C16H20N2O3/c1-11-5-3-4-6-14(11)15(19)10-18-16(20)17-9-13-7-8-21-12(13)2/h3-8,15,19H,9-10H2,1-2H3,(H2,17,18,20)/t15-/m1/s1. The summed E-state index contributed by atoms with van der Waals surface area (Å²) >= 11 is 0. The van der Waals surface area contributed by atoms with Gasteiger partial charge in [0.2, 0.25) is 0 Å². The lowest BCUT2D eigenvalue weighted by Crippen LogP contribution is -2.37. The van der Waals surface area contributed by atoms with Crippen LogP contribution in [0.5, 0.6) is 0 Å². The molecule has 1 aromatic heterocycles. The van der Waals surface area contributed by atoms with Crippen LogP contribution in [-0.4, -0.2) is 17.7 Å². The fraction of sp³-hybridized carbons (Fsp3) is 0.312. The molecule has 0 saturated heterocycles. The van der Waals surface area contributed by atoms with Gasteiger partial charge in [0.1, 0.15) is 5.76 Å². The number of hydrogen-bond donors (Lipinski definition) is 3. The molecule has 5 nitrogen and oxygen atoms in total. The SMILES string of the molecule is Cc1ccccc1[C@H](O)CNC(=O)NCc1ccoc1C. The van der Waals surface area contributed by atoms with Crippen molar-refractivity contribution in [3.05, 3.63) is 59.0 Å². The molecule has 0 spiro atoms. The van der Waals surface area contributed by atoms with Crippen LogP contribution in [-0.2, 0) is 6.54 Å². The second-order valence-electron chi connectivity index (χ2n) is 4.94. The molecule has 0 fully saturated rings. The summed E-state index contributed by atoms with van der Waals surface area (Å²) < 4.78 is 5.15. The third kappa shape index (κ3) is 4.10. The topological polar surface area (TPSA) is 74.5 Å². The van der Waals surface area contributed by atoms with Gasteiger partial charge in [-0.1, -0.05) is 24.3 Å². The minimum atomic E-state index is -0.715. The van der Waals surface area contributed by atoms with E-state index in [9.17, 15) is 9.90 Å². The van der Waals surface area contributed by atoms with E-state index in [1.807, 2.05) is 44.2 Å². The van der Waals surface area contributed by atoms with Crippen molar-refractivity contribution in [2.75, 3.05) is 6.54 Å². The Morgan fingerprint density at radius 2 is 2.00 bits per heavy atom. The van der Waals surface area contributed by atoms with Crippen LogP contribution in [0.25, 0.3) is 0 Å². The molecule has 2 aromatic rings. The summed E-state index contributed by atoms with van der Waals surface area (Å²) in [5.41, 5.74) is 2.76. The van der Waals surface area contributed by atoms with Gasteiger partial charge < -0.3 is 20.2 Å². The molecule has 2 rings (SSSR count). The Bertz CT molecular complexity index is 607. The second-order valence-corrected chi connectivity index (χ2v) is 4.94. The van der Waals surface area contributed by atoms with E-state index in [1.165, 1.54) is 0 Å². The highest BCUT2D eigenvalue weighted by atomic mass is 16.3. The van der Waals surface area contributed by atoms with Gasteiger partial charge in [-0.2, -0.15) is 0 Å². The fourth-order valence-corrected chi connectivity index (χ4v) is 2.09. The van der Waals surface area contributed by atoms with Crippen LogP contribution < -0.4 is 10.6 Å². The molecule has 5 heteroatoms. The van der Waals surface area contributed by atoms with E-state index in [-0.39, 0.29) is 12.6 Å². The van der Waals surface area contributed by atoms with Crippen molar-refractivity contribution in [1.29, 1.82) is 0 Å². The third-order valence-corrected chi connectivity index (χ3v) is 3.41. The highest BCUT2D eigenvalue weighted by Crippen LogP contribution is 2.16. The molecular formula is C16H20N2O3. The Morgan fingerprint density at radius 3 is 2.67 bits per heavy atom. The highest BCUT2D eigenvalue weighted by molar-refractivity contribution is 5.73. The maximum absolute atomic E-state index is 11.7. The molecule has 0 radical (unpaired) electrons. The normalized spacial score (nSPS) is 12.0. The van der Waals surface area contributed by atoms with Gasteiger partial charge in [0, 0.05) is 18.7 Å². The third-order valence-electron chi connectivity index (χ3n) is 3.41.